The Morgan fingerprint density at radius 3 is 2.69 bits per heavy atom. The number of nitrogens with two attached hydrogens (primary N) is 1. The average Bonchev–Trinajstić information content (AvgIpc) is 2.10. The quantitative estimate of drug-likeness (QED) is 0.655. The van der Waals surface area contributed by atoms with Crippen LogP contribution in [0.25, 0.3) is 0 Å². The van der Waals surface area contributed by atoms with E-state index in [2.05, 4.69) is 0 Å². The maximum absolute atomic E-state index is 12.8. The van der Waals surface area contributed by atoms with Crippen molar-refractivity contribution in [2.45, 2.75) is 12.5 Å². The first kappa shape index (κ1) is 9.95. The second-order valence-electron chi connectivity index (χ2n) is 2.83. The third kappa shape index (κ3) is 2.40. The molecule has 0 saturated heterocycles. The SMILES string of the molecule is N[C@@H](CCO)c1ccc(O)c(F)c1. The number of phenols is 1. The fourth-order valence-corrected chi connectivity index (χ4v) is 1.06. The fourth-order valence-electron chi connectivity index (χ4n) is 1.06. The molecule has 72 valence electrons. The number of hydrogen-bond acceptors (Lipinski definition) is 3. The maximum Gasteiger partial charge on any atom is 0.165 e. The van der Waals surface area contributed by atoms with E-state index in [1.54, 1.807) is 6.07 Å². The molecule has 0 saturated carbocycles. The minimum absolute atomic E-state index is 0.0380. The molecule has 0 heterocycles. The lowest BCUT2D eigenvalue weighted by molar-refractivity contribution is 0.276. The highest BCUT2D eigenvalue weighted by Crippen LogP contribution is 2.20. The van der Waals surface area contributed by atoms with E-state index in [-0.39, 0.29) is 18.4 Å². The molecule has 0 fully saturated rings. The van der Waals surface area contributed by atoms with Gasteiger partial charge in [0, 0.05) is 12.6 Å². The summed E-state index contributed by atoms with van der Waals surface area (Å²) in [5.74, 6) is -1.08. The number of halogens is 1. The lowest BCUT2D eigenvalue weighted by Crippen LogP contribution is -2.11. The summed E-state index contributed by atoms with van der Waals surface area (Å²) < 4.78 is 12.8. The fraction of sp³-hybridized carbons (Fsp3) is 0.333. The van der Waals surface area contributed by atoms with Crippen molar-refractivity contribution in [2.75, 3.05) is 6.61 Å². The van der Waals surface area contributed by atoms with Gasteiger partial charge in [-0.15, -0.1) is 0 Å². The van der Waals surface area contributed by atoms with Crippen molar-refractivity contribution in [3.8, 4) is 5.75 Å². The Morgan fingerprint density at radius 1 is 1.46 bits per heavy atom. The van der Waals surface area contributed by atoms with Crippen molar-refractivity contribution in [3.63, 3.8) is 0 Å². The predicted molar refractivity (Wildman–Crippen MR) is 46.7 cm³/mol. The number of hydrogen-bond donors (Lipinski definition) is 3. The van der Waals surface area contributed by atoms with Crippen molar-refractivity contribution < 1.29 is 14.6 Å². The van der Waals surface area contributed by atoms with Gasteiger partial charge in [0.1, 0.15) is 0 Å². The van der Waals surface area contributed by atoms with E-state index in [0.29, 0.717) is 12.0 Å². The normalized spacial score (nSPS) is 12.8. The van der Waals surface area contributed by atoms with Gasteiger partial charge in [-0.1, -0.05) is 6.07 Å². The summed E-state index contributed by atoms with van der Waals surface area (Å²) in [6, 6.07) is 3.58. The van der Waals surface area contributed by atoms with Crippen LogP contribution in [0.2, 0.25) is 0 Å². The molecule has 1 aromatic carbocycles. The largest absolute Gasteiger partial charge is 0.505 e. The van der Waals surface area contributed by atoms with E-state index in [1.165, 1.54) is 12.1 Å². The molecule has 0 bridgehead atoms. The topological polar surface area (TPSA) is 66.5 Å². The second kappa shape index (κ2) is 4.20. The molecular weight excluding hydrogens is 173 g/mol. The van der Waals surface area contributed by atoms with Gasteiger partial charge in [-0.2, -0.15) is 0 Å². The zero-order valence-corrected chi connectivity index (χ0v) is 7.07. The van der Waals surface area contributed by atoms with Gasteiger partial charge in [-0.05, 0) is 24.1 Å². The molecule has 0 spiro atoms. The summed E-state index contributed by atoms with van der Waals surface area (Å²) in [5, 5.41) is 17.5. The van der Waals surface area contributed by atoms with Crippen molar-refractivity contribution in [3.05, 3.63) is 29.6 Å². The lowest BCUT2D eigenvalue weighted by atomic mass is 10.0. The van der Waals surface area contributed by atoms with Gasteiger partial charge >= 0.3 is 0 Å². The lowest BCUT2D eigenvalue weighted by Gasteiger charge is -2.10. The molecule has 0 amide bonds. The predicted octanol–water partition coefficient (Wildman–Crippen LogP) is 0.913. The molecule has 4 heteroatoms. The monoisotopic (exact) mass is 185 g/mol. The Labute approximate surface area is 75.6 Å². The van der Waals surface area contributed by atoms with Gasteiger partial charge in [0.25, 0.3) is 0 Å². The van der Waals surface area contributed by atoms with E-state index in [4.69, 9.17) is 15.9 Å². The van der Waals surface area contributed by atoms with Crippen LogP contribution < -0.4 is 5.73 Å². The number of aliphatic hydroxyl groups is 1. The number of rotatable bonds is 3. The van der Waals surface area contributed by atoms with Crippen LogP contribution in [0.4, 0.5) is 4.39 Å². The third-order valence-electron chi connectivity index (χ3n) is 1.84. The molecule has 0 aromatic heterocycles. The average molecular weight is 185 g/mol. The highest BCUT2D eigenvalue weighted by Gasteiger charge is 2.08. The summed E-state index contributed by atoms with van der Waals surface area (Å²) >= 11 is 0. The smallest absolute Gasteiger partial charge is 0.165 e. The minimum atomic E-state index is -0.689. The highest BCUT2D eigenvalue weighted by atomic mass is 19.1. The Balaban J connectivity index is 2.84. The molecule has 1 rings (SSSR count). The van der Waals surface area contributed by atoms with E-state index in [9.17, 15) is 4.39 Å². The number of aromatic hydroxyl groups is 1. The first-order valence-corrected chi connectivity index (χ1v) is 4.00. The summed E-state index contributed by atoms with van der Waals surface area (Å²) in [5.41, 5.74) is 6.19. The molecule has 0 radical (unpaired) electrons. The molecule has 0 aliphatic rings. The second-order valence-corrected chi connectivity index (χ2v) is 2.83. The molecule has 0 aliphatic heterocycles. The first-order valence-electron chi connectivity index (χ1n) is 4.00. The molecule has 4 N–H and O–H groups in total. The number of phenolic OH excluding ortho intramolecular Hbond substituents is 1. The van der Waals surface area contributed by atoms with Gasteiger partial charge in [0.05, 0.1) is 0 Å². The van der Waals surface area contributed by atoms with Gasteiger partial charge in [-0.3, -0.25) is 0 Å². The van der Waals surface area contributed by atoms with Gasteiger partial charge in [-0.25, -0.2) is 4.39 Å². The number of benzene rings is 1. The van der Waals surface area contributed by atoms with Crippen LogP contribution in [0.15, 0.2) is 18.2 Å². The molecule has 1 aromatic rings. The maximum atomic E-state index is 12.8. The van der Waals surface area contributed by atoms with E-state index in [1.807, 2.05) is 0 Å². The van der Waals surface area contributed by atoms with Crippen molar-refractivity contribution in [2.24, 2.45) is 5.73 Å². The highest BCUT2D eigenvalue weighted by molar-refractivity contribution is 5.29. The van der Waals surface area contributed by atoms with E-state index >= 15 is 0 Å². The summed E-state index contributed by atoms with van der Waals surface area (Å²) in [7, 11) is 0. The molecule has 0 aliphatic carbocycles. The van der Waals surface area contributed by atoms with Crippen LogP contribution in [0.3, 0.4) is 0 Å². The first-order chi connectivity index (χ1) is 6.15. The van der Waals surface area contributed by atoms with Crippen LogP contribution in [0.1, 0.15) is 18.0 Å². The van der Waals surface area contributed by atoms with E-state index < -0.39 is 5.82 Å². The van der Waals surface area contributed by atoms with Crippen LogP contribution in [-0.4, -0.2) is 16.8 Å². The third-order valence-corrected chi connectivity index (χ3v) is 1.84. The van der Waals surface area contributed by atoms with Crippen molar-refractivity contribution in [1.29, 1.82) is 0 Å². The number of aliphatic hydroxyl groups excluding tert-OH is 1. The Bertz CT molecular complexity index is 291. The Kier molecular flexibility index (Phi) is 3.22. The molecule has 13 heavy (non-hydrogen) atoms. The van der Waals surface area contributed by atoms with Crippen molar-refractivity contribution >= 4 is 0 Å². The van der Waals surface area contributed by atoms with Gasteiger partial charge < -0.3 is 15.9 Å². The Hall–Kier alpha value is -1.13. The van der Waals surface area contributed by atoms with Crippen LogP contribution in [-0.2, 0) is 0 Å². The van der Waals surface area contributed by atoms with Gasteiger partial charge in [0.15, 0.2) is 11.6 Å². The summed E-state index contributed by atoms with van der Waals surface area (Å²) in [6.07, 6.45) is 0.379. The molecule has 3 nitrogen and oxygen atoms in total. The zero-order chi connectivity index (χ0) is 9.84. The van der Waals surface area contributed by atoms with Crippen LogP contribution in [0, 0.1) is 5.82 Å². The minimum Gasteiger partial charge on any atom is -0.505 e. The van der Waals surface area contributed by atoms with Crippen LogP contribution >= 0.6 is 0 Å². The Morgan fingerprint density at radius 2 is 2.15 bits per heavy atom. The van der Waals surface area contributed by atoms with E-state index in [0.717, 1.165) is 0 Å². The van der Waals surface area contributed by atoms with Crippen molar-refractivity contribution in [1.82, 2.24) is 0 Å². The standard InChI is InChI=1S/C9H12FNO2/c10-7-5-6(1-2-9(7)13)8(11)3-4-12/h1-2,5,8,12-13H,3-4,11H2/t8-/m0/s1. The molecular formula is C9H12FNO2. The molecule has 0 unspecified atom stereocenters. The van der Waals surface area contributed by atoms with Gasteiger partial charge in [0.2, 0.25) is 0 Å². The molecule has 1 atom stereocenters. The summed E-state index contributed by atoms with van der Waals surface area (Å²) in [6.45, 7) is -0.0380. The summed E-state index contributed by atoms with van der Waals surface area (Å²) in [4.78, 5) is 0. The van der Waals surface area contributed by atoms with Crippen LogP contribution in [0.5, 0.6) is 5.75 Å². The zero-order valence-electron chi connectivity index (χ0n) is 7.07.